The van der Waals surface area contributed by atoms with Crippen molar-refractivity contribution < 1.29 is 9.59 Å². The highest BCUT2D eigenvalue weighted by Gasteiger charge is 2.24. The first kappa shape index (κ1) is 20.0. The van der Waals surface area contributed by atoms with E-state index in [1.54, 1.807) is 38.2 Å². The van der Waals surface area contributed by atoms with Crippen molar-refractivity contribution in [2.24, 2.45) is 5.92 Å². The van der Waals surface area contributed by atoms with E-state index in [-0.39, 0.29) is 24.3 Å². The molecule has 2 N–H and O–H groups in total. The van der Waals surface area contributed by atoms with E-state index in [0.717, 1.165) is 17.1 Å². The van der Waals surface area contributed by atoms with Gasteiger partial charge in [0.1, 0.15) is 10.6 Å². The zero-order valence-corrected chi connectivity index (χ0v) is 17.0. The number of benzene rings is 1. The number of rotatable bonds is 6. The van der Waals surface area contributed by atoms with Crippen LogP contribution in [0.3, 0.4) is 0 Å². The average Bonchev–Trinajstić information content (AvgIpc) is 3.11. The van der Waals surface area contributed by atoms with Gasteiger partial charge >= 0.3 is 0 Å². The van der Waals surface area contributed by atoms with Gasteiger partial charge in [-0.25, -0.2) is 0 Å². The number of hydrogen-bond donors (Lipinski definition) is 2. The molecule has 28 heavy (non-hydrogen) atoms. The third-order valence-corrected chi connectivity index (χ3v) is 5.19. The molecule has 1 aromatic carbocycles. The maximum absolute atomic E-state index is 12.8. The molecule has 0 unspecified atom stereocenters. The first-order chi connectivity index (χ1) is 13.5. The molecule has 8 heteroatoms. The number of anilines is 1. The second-order valence-corrected chi connectivity index (χ2v) is 7.55. The predicted molar refractivity (Wildman–Crippen MR) is 111 cm³/mol. The summed E-state index contributed by atoms with van der Waals surface area (Å²) in [5, 5.41) is 6.25. The Labute approximate surface area is 172 Å². The van der Waals surface area contributed by atoms with E-state index in [9.17, 15) is 9.59 Å². The van der Waals surface area contributed by atoms with Gasteiger partial charge in [0.05, 0.1) is 11.4 Å². The molecule has 144 valence electrons. The fourth-order valence-corrected chi connectivity index (χ4v) is 3.37. The maximum Gasteiger partial charge on any atom is 0.265 e. The Hall–Kier alpha value is -2.77. The molecule has 3 rings (SSSR count). The predicted octanol–water partition coefficient (Wildman–Crippen LogP) is 4.38. The lowest BCUT2D eigenvalue weighted by atomic mass is 10.1. The minimum Gasteiger partial charge on any atom is -0.347 e. The molecule has 0 aliphatic heterocycles. The van der Waals surface area contributed by atoms with Crippen molar-refractivity contribution in [3.63, 3.8) is 0 Å². The van der Waals surface area contributed by atoms with Gasteiger partial charge in [0.2, 0.25) is 5.91 Å². The van der Waals surface area contributed by atoms with E-state index in [2.05, 4.69) is 20.0 Å². The summed E-state index contributed by atoms with van der Waals surface area (Å²) in [6.45, 7) is 3.84. The van der Waals surface area contributed by atoms with Crippen molar-refractivity contribution in [3.8, 4) is 11.4 Å². The van der Waals surface area contributed by atoms with Crippen LogP contribution in [0.25, 0.3) is 11.4 Å². The molecule has 0 radical (unpaired) electrons. The normalized spacial score (nSPS) is 10.7. The summed E-state index contributed by atoms with van der Waals surface area (Å²) in [7, 11) is 0. The summed E-state index contributed by atoms with van der Waals surface area (Å²) in [5.41, 5.74) is 2.24. The molecular weight excluding hydrogens is 396 g/mol. The molecule has 0 spiro atoms. The molecule has 0 atom stereocenters. The Balaban J connectivity index is 1.89. The fourth-order valence-electron chi connectivity index (χ4n) is 2.40. The average molecular weight is 415 g/mol. The molecule has 0 aliphatic carbocycles. The molecule has 0 fully saturated rings. The lowest BCUT2D eigenvalue weighted by Crippen LogP contribution is -2.25. The summed E-state index contributed by atoms with van der Waals surface area (Å²) in [6.07, 6.45) is 1.64. The van der Waals surface area contributed by atoms with Crippen LogP contribution in [0.15, 0.2) is 48.7 Å². The maximum atomic E-state index is 12.8. The number of amides is 2. The summed E-state index contributed by atoms with van der Waals surface area (Å²) in [5.74, 6) is -0.772. The van der Waals surface area contributed by atoms with Gasteiger partial charge in [-0.15, -0.1) is 0 Å². The van der Waals surface area contributed by atoms with E-state index in [1.165, 1.54) is 0 Å². The molecule has 6 nitrogen and oxygen atoms in total. The van der Waals surface area contributed by atoms with Gasteiger partial charge in [0, 0.05) is 23.7 Å². The Bertz CT molecular complexity index is 989. The highest BCUT2D eigenvalue weighted by Crippen LogP contribution is 2.32. The van der Waals surface area contributed by atoms with Crippen LogP contribution >= 0.6 is 23.1 Å². The molecule has 2 heterocycles. The highest BCUT2D eigenvalue weighted by atomic mass is 35.5. The van der Waals surface area contributed by atoms with E-state index >= 15 is 0 Å². The van der Waals surface area contributed by atoms with E-state index in [0.29, 0.717) is 27.0 Å². The molecule has 0 saturated heterocycles. The van der Waals surface area contributed by atoms with E-state index in [4.69, 9.17) is 11.6 Å². The fraction of sp³-hybridized carbons (Fsp3) is 0.200. The first-order valence-electron chi connectivity index (χ1n) is 8.71. The minimum atomic E-state index is -0.335. The van der Waals surface area contributed by atoms with Crippen LogP contribution in [-0.2, 0) is 11.3 Å². The van der Waals surface area contributed by atoms with Crippen molar-refractivity contribution in [2.75, 3.05) is 5.32 Å². The summed E-state index contributed by atoms with van der Waals surface area (Å²) in [6, 6.07) is 12.7. The number of hydrogen-bond acceptors (Lipinski definition) is 5. The third kappa shape index (κ3) is 4.55. The number of nitrogens with one attached hydrogen (secondary N) is 2. The Kier molecular flexibility index (Phi) is 6.38. The van der Waals surface area contributed by atoms with Crippen LogP contribution in [0.2, 0.25) is 5.02 Å². The molecule has 2 amide bonds. The van der Waals surface area contributed by atoms with Crippen molar-refractivity contribution in [2.45, 2.75) is 20.4 Å². The van der Waals surface area contributed by atoms with Crippen LogP contribution in [-0.4, -0.2) is 21.2 Å². The van der Waals surface area contributed by atoms with Crippen molar-refractivity contribution in [1.82, 2.24) is 14.7 Å². The number of carbonyl (C=O) groups is 2. The Morgan fingerprint density at radius 2 is 1.89 bits per heavy atom. The van der Waals surface area contributed by atoms with Crippen LogP contribution in [0.5, 0.6) is 0 Å². The quantitative estimate of drug-likeness (QED) is 0.626. The summed E-state index contributed by atoms with van der Waals surface area (Å²) in [4.78, 5) is 29.7. The number of aromatic nitrogens is 2. The van der Waals surface area contributed by atoms with Crippen molar-refractivity contribution in [1.29, 1.82) is 0 Å². The lowest BCUT2D eigenvalue weighted by Gasteiger charge is -2.11. The molecule has 0 aliphatic rings. The second-order valence-electron chi connectivity index (χ2n) is 6.37. The van der Waals surface area contributed by atoms with Gasteiger partial charge in [0.25, 0.3) is 5.91 Å². The molecule has 3 aromatic rings. The van der Waals surface area contributed by atoms with Crippen LogP contribution < -0.4 is 10.6 Å². The number of carbonyl (C=O) groups excluding carboxylic acids is 2. The number of pyridine rings is 1. The third-order valence-electron chi connectivity index (χ3n) is 3.98. The van der Waals surface area contributed by atoms with Crippen LogP contribution in [0, 0.1) is 5.92 Å². The van der Waals surface area contributed by atoms with Gasteiger partial charge in [-0.3, -0.25) is 14.6 Å². The molecular formula is C20H19ClN4O2S. The summed E-state index contributed by atoms with van der Waals surface area (Å²) < 4.78 is 4.37. The molecule has 2 aromatic heterocycles. The smallest absolute Gasteiger partial charge is 0.265 e. The first-order valence-corrected chi connectivity index (χ1v) is 9.86. The Morgan fingerprint density at radius 3 is 2.57 bits per heavy atom. The standard InChI is InChI=1S/C20H19ClN4O2S/c1-12(2)19(26)24-17-16(15-9-5-6-10-22-15)25-28-18(17)20(27)23-11-13-7-3-4-8-14(13)21/h3-10,12H,11H2,1-2H3,(H,23,27)(H,24,26). The van der Waals surface area contributed by atoms with Gasteiger partial charge in [-0.05, 0) is 35.3 Å². The minimum absolute atomic E-state index is 0.197. The van der Waals surface area contributed by atoms with Crippen molar-refractivity contribution >= 4 is 40.6 Å². The molecule has 0 saturated carbocycles. The SMILES string of the molecule is CC(C)C(=O)Nc1c(-c2ccccn2)nsc1C(=O)NCc1ccccc1Cl. The zero-order chi connectivity index (χ0) is 20.1. The largest absolute Gasteiger partial charge is 0.347 e. The highest BCUT2D eigenvalue weighted by molar-refractivity contribution is 7.09. The van der Waals surface area contributed by atoms with Gasteiger partial charge < -0.3 is 10.6 Å². The lowest BCUT2D eigenvalue weighted by molar-refractivity contribution is -0.118. The number of halogens is 1. The van der Waals surface area contributed by atoms with Gasteiger partial charge in [-0.1, -0.05) is 49.7 Å². The van der Waals surface area contributed by atoms with Crippen molar-refractivity contribution in [3.05, 3.63) is 64.1 Å². The van der Waals surface area contributed by atoms with Crippen LogP contribution in [0.1, 0.15) is 29.1 Å². The van der Waals surface area contributed by atoms with Gasteiger partial charge in [-0.2, -0.15) is 4.37 Å². The number of nitrogens with zero attached hydrogens (tertiary/aromatic N) is 2. The molecule has 0 bridgehead atoms. The Morgan fingerprint density at radius 1 is 1.14 bits per heavy atom. The second kappa shape index (κ2) is 8.95. The zero-order valence-electron chi connectivity index (χ0n) is 15.4. The van der Waals surface area contributed by atoms with E-state index in [1.807, 2.05) is 24.3 Å². The van der Waals surface area contributed by atoms with Crippen LogP contribution in [0.4, 0.5) is 5.69 Å². The topological polar surface area (TPSA) is 84.0 Å². The summed E-state index contributed by atoms with van der Waals surface area (Å²) >= 11 is 7.17. The van der Waals surface area contributed by atoms with Gasteiger partial charge in [0.15, 0.2) is 0 Å². The monoisotopic (exact) mass is 414 g/mol. The van der Waals surface area contributed by atoms with E-state index < -0.39 is 0 Å².